The Labute approximate surface area is 109 Å². The van der Waals surface area contributed by atoms with Gasteiger partial charge in [0.15, 0.2) is 0 Å². The summed E-state index contributed by atoms with van der Waals surface area (Å²) in [6.07, 6.45) is -0.815. The van der Waals surface area contributed by atoms with Crippen molar-refractivity contribution in [2.45, 2.75) is 19.6 Å². The van der Waals surface area contributed by atoms with Crippen LogP contribution in [0.15, 0.2) is 42.7 Å². The summed E-state index contributed by atoms with van der Waals surface area (Å²) < 4.78 is 37.2. The van der Waals surface area contributed by atoms with Crippen LogP contribution in [0.4, 0.5) is 18.9 Å². The highest BCUT2D eigenvalue weighted by Gasteiger charge is 2.29. The smallest absolute Gasteiger partial charge is 0.381 e. The molecule has 0 aliphatic carbocycles. The van der Waals surface area contributed by atoms with Crippen molar-refractivity contribution in [3.05, 3.63) is 59.4 Å². The van der Waals surface area contributed by atoms with E-state index in [9.17, 15) is 13.2 Å². The second-order valence-corrected chi connectivity index (χ2v) is 4.30. The molecule has 0 saturated heterocycles. The number of nitrogens with one attached hydrogen (secondary N) is 1. The summed E-state index contributed by atoms with van der Waals surface area (Å²) in [6.45, 7) is 2.47. The first kappa shape index (κ1) is 13.4. The lowest BCUT2D eigenvalue weighted by molar-refractivity contribution is -0.137. The van der Waals surface area contributed by atoms with Gasteiger partial charge in [-0.2, -0.15) is 13.2 Å². The van der Waals surface area contributed by atoms with Crippen LogP contribution in [0.3, 0.4) is 0 Å². The van der Waals surface area contributed by atoms with Gasteiger partial charge in [-0.25, -0.2) is 0 Å². The molecule has 2 rings (SSSR count). The fourth-order valence-corrected chi connectivity index (χ4v) is 1.70. The number of aromatic nitrogens is 1. The lowest BCUT2D eigenvalue weighted by Gasteiger charge is -2.09. The monoisotopic (exact) mass is 266 g/mol. The molecular formula is C14H13F3N2. The van der Waals surface area contributed by atoms with E-state index < -0.39 is 11.7 Å². The number of pyridine rings is 1. The molecule has 2 aromatic rings. The van der Waals surface area contributed by atoms with E-state index in [0.29, 0.717) is 12.2 Å². The Morgan fingerprint density at radius 1 is 1.11 bits per heavy atom. The van der Waals surface area contributed by atoms with Crippen molar-refractivity contribution in [2.24, 2.45) is 0 Å². The molecule has 0 saturated carbocycles. The first-order valence-electron chi connectivity index (χ1n) is 5.77. The van der Waals surface area contributed by atoms with Crippen LogP contribution in [0.5, 0.6) is 0 Å². The Kier molecular flexibility index (Phi) is 3.74. The molecule has 1 aromatic carbocycles. The van der Waals surface area contributed by atoms with E-state index in [1.807, 2.05) is 13.0 Å². The van der Waals surface area contributed by atoms with Crippen LogP contribution in [0.25, 0.3) is 0 Å². The molecule has 19 heavy (non-hydrogen) atoms. The maximum absolute atomic E-state index is 12.4. The molecule has 5 heteroatoms. The van der Waals surface area contributed by atoms with Gasteiger partial charge in [0.1, 0.15) is 0 Å². The molecule has 1 heterocycles. The number of aryl methyl sites for hydroxylation is 1. The number of alkyl halides is 3. The van der Waals surface area contributed by atoms with Crippen molar-refractivity contribution in [1.82, 2.24) is 4.98 Å². The van der Waals surface area contributed by atoms with Gasteiger partial charge >= 0.3 is 6.18 Å². The first-order chi connectivity index (χ1) is 8.95. The normalized spacial score (nSPS) is 11.4. The summed E-state index contributed by atoms with van der Waals surface area (Å²) in [5.41, 5.74) is 2.04. The number of hydrogen-bond acceptors (Lipinski definition) is 2. The average Bonchev–Trinajstić information content (AvgIpc) is 2.36. The third kappa shape index (κ3) is 3.71. The maximum Gasteiger partial charge on any atom is 0.416 e. The largest absolute Gasteiger partial charge is 0.416 e. The van der Waals surface area contributed by atoms with Gasteiger partial charge < -0.3 is 5.32 Å². The highest BCUT2D eigenvalue weighted by Crippen LogP contribution is 2.29. The minimum Gasteiger partial charge on any atom is -0.381 e. The SMILES string of the molecule is Cc1cncc(CNc2ccc(C(F)(F)F)cc2)c1. The van der Waals surface area contributed by atoms with Crippen LogP contribution in [0.2, 0.25) is 0 Å². The lowest BCUT2D eigenvalue weighted by atomic mass is 10.2. The summed E-state index contributed by atoms with van der Waals surface area (Å²) in [7, 11) is 0. The predicted molar refractivity (Wildman–Crippen MR) is 67.7 cm³/mol. The van der Waals surface area contributed by atoms with Crippen molar-refractivity contribution in [3.8, 4) is 0 Å². The fourth-order valence-electron chi connectivity index (χ4n) is 1.70. The predicted octanol–water partition coefficient (Wildman–Crippen LogP) is 4.02. The van der Waals surface area contributed by atoms with E-state index in [0.717, 1.165) is 23.3 Å². The Hall–Kier alpha value is -2.04. The molecule has 0 fully saturated rings. The highest BCUT2D eigenvalue weighted by molar-refractivity contribution is 5.45. The molecule has 0 aliphatic rings. The molecule has 0 bridgehead atoms. The van der Waals surface area contributed by atoms with Crippen molar-refractivity contribution in [1.29, 1.82) is 0 Å². The molecule has 1 aromatic heterocycles. The van der Waals surface area contributed by atoms with E-state index in [-0.39, 0.29) is 0 Å². The summed E-state index contributed by atoms with van der Waals surface area (Å²) in [6, 6.07) is 6.95. The van der Waals surface area contributed by atoms with Crippen LogP contribution < -0.4 is 5.32 Å². The topological polar surface area (TPSA) is 24.9 Å². The number of rotatable bonds is 3. The zero-order chi connectivity index (χ0) is 13.9. The minimum atomic E-state index is -4.29. The Bertz CT molecular complexity index is 547. The number of halogens is 3. The standard InChI is InChI=1S/C14H13F3N2/c1-10-6-11(8-18-7-10)9-19-13-4-2-12(3-5-13)14(15,16)17/h2-8,19H,9H2,1H3. The molecule has 0 radical (unpaired) electrons. The molecule has 0 amide bonds. The molecule has 0 atom stereocenters. The van der Waals surface area contributed by atoms with E-state index in [2.05, 4.69) is 10.3 Å². The third-order valence-electron chi connectivity index (χ3n) is 2.64. The van der Waals surface area contributed by atoms with Gasteiger partial charge in [0, 0.05) is 24.6 Å². The maximum atomic E-state index is 12.4. The second-order valence-electron chi connectivity index (χ2n) is 4.30. The van der Waals surface area contributed by atoms with Gasteiger partial charge in [-0.15, -0.1) is 0 Å². The van der Waals surface area contributed by atoms with Gasteiger partial charge in [-0.1, -0.05) is 6.07 Å². The van der Waals surface area contributed by atoms with Crippen LogP contribution >= 0.6 is 0 Å². The lowest BCUT2D eigenvalue weighted by Crippen LogP contribution is -2.05. The molecule has 0 unspecified atom stereocenters. The molecule has 100 valence electrons. The third-order valence-corrected chi connectivity index (χ3v) is 2.64. The number of nitrogens with zero attached hydrogens (tertiary/aromatic N) is 1. The summed E-state index contributed by atoms with van der Waals surface area (Å²) in [5.74, 6) is 0. The Morgan fingerprint density at radius 3 is 2.37 bits per heavy atom. The van der Waals surface area contributed by atoms with Gasteiger partial charge in [-0.3, -0.25) is 4.98 Å². The van der Waals surface area contributed by atoms with E-state index in [1.54, 1.807) is 12.4 Å². The summed E-state index contributed by atoms with van der Waals surface area (Å²) in [4.78, 5) is 4.05. The average molecular weight is 266 g/mol. The van der Waals surface area contributed by atoms with Crippen molar-refractivity contribution in [3.63, 3.8) is 0 Å². The van der Waals surface area contributed by atoms with Crippen molar-refractivity contribution >= 4 is 5.69 Å². The molecule has 2 nitrogen and oxygen atoms in total. The van der Waals surface area contributed by atoms with Crippen LogP contribution in [0.1, 0.15) is 16.7 Å². The molecular weight excluding hydrogens is 253 g/mol. The Balaban J connectivity index is 2.01. The Morgan fingerprint density at radius 2 is 1.79 bits per heavy atom. The first-order valence-corrected chi connectivity index (χ1v) is 5.77. The molecule has 0 aliphatic heterocycles. The molecule has 0 spiro atoms. The second kappa shape index (κ2) is 5.30. The van der Waals surface area contributed by atoms with Gasteiger partial charge in [-0.05, 0) is 42.3 Å². The zero-order valence-corrected chi connectivity index (χ0v) is 10.3. The van der Waals surface area contributed by atoms with Crippen LogP contribution in [0, 0.1) is 6.92 Å². The highest BCUT2D eigenvalue weighted by atomic mass is 19.4. The number of anilines is 1. The van der Waals surface area contributed by atoms with Crippen LogP contribution in [-0.2, 0) is 12.7 Å². The summed E-state index contributed by atoms with van der Waals surface area (Å²) in [5, 5.41) is 3.06. The van der Waals surface area contributed by atoms with Gasteiger partial charge in [0.05, 0.1) is 5.56 Å². The van der Waals surface area contributed by atoms with Gasteiger partial charge in [0.25, 0.3) is 0 Å². The van der Waals surface area contributed by atoms with E-state index >= 15 is 0 Å². The van der Waals surface area contributed by atoms with Crippen molar-refractivity contribution < 1.29 is 13.2 Å². The minimum absolute atomic E-state index is 0.528. The quantitative estimate of drug-likeness (QED) is 0.907. The van der Waals surface area contributed by atoms with E-state index in [1.165, 1.54) is 12.1 Å². The fraction of sp³-hybridized carbons (Fsp3) is 0.214. The zero-order valence-electron chi connectivity index (χ0n) is 10.3. The number of hydrogen-bond donors (Lipinski definition) is 1. The number of benzene rings is 1. The van der Waals surface area contributed by atoms with E-state index in [4.69, 9.17) is 0 Å². The molecule has 1 N–H and O–H groups in total. The van der Waals surface area contributed by atoms with Crippen LogP contribution in [-0.4, -0.2) is 4.98 Å². The van der Waals surface area contributed by atoms with Crippen molar-refractivity contribution in [2.75, 3.05) is 5.32 Å². The summed E-state index contributed by atoms with van der Waals surface area (Å²) >= 11 is 0. The van der Waals surface area contributed by atoms with Gasteiger partial charge in [0.2, 0.25) is 0 Å².